The molecule has 3 heterocycles. The van der Waals surface area contributed by atoms with Crippen molar-refractivity contribution >= 4 is 68.1 Å². The van der Waals surface area contributed by atoms with Crippen molar-refractivity contribution in [2.75, 3.05) is 9.71 Å². The molecule has 0 bridgehead atoms. The number of para-hydroxylation sites is 1. The Labute approximate surface area is 388 Å². The van der Waals surface area contributed by atoms with E-state index in [1.54, 1.807) is 0 Å². The maximum Gasteiger partial charge on any atom is 0.333 e. The number of hydrogen-bond acceptors (Lipinski definition) is 3. The van der Waals surface area contributed by atoms with Crippen LogP contribution in [0.15, 0.2) is 205 Å². The van der Waals surface area contributed by atoms with Gasteiger partial charge < -0.3 is 14.1 Å². The Balaban J connectivity index is 1.22. The molecule has 66 heavy (non-hydrogen) atoms. The summed E-state index contributed by atoms with van der Waals surface area (Å²) in [6.45, 7) is 4.39. The molecule has 0 unspecified atom stereocenters. The Morgan fingerprint density at radius 1 is 0.439 bits per heavy atom. The van der Waals surface area contributed by atoms with Crippen molar-refractivity contribution in [3.05, 3.63) is 211 Å². The molecule has 2 aliphatic rings. The Kier molecular flexibility index (Phi) is 10.2. The molecule has 318 valence electrons. The van der Waals surface area contributed by atoms with Crippen molar-refractivity contribution in [1.29, 1.82) is 0 Å². The van der Waals surface area contributed by atoms with Gasteiger partial charge in [-0.15, -0.1) is 0 Å². The second kappa shape index (κ2) is 16.8. The van der Waals surface area contributed by atoms with Gasteiger partial charge in [0, 0.05) is 33.6 Å². The van der Waals surface area contributed by atoms with Crippen molar-refractivity contribution in [3.8, 4) is 44.5 Å². The van der Waals surface area contributed by atoms with Gasteiger partial charge >= 0.3 is 6.85 Å². The van der Waals surface area contributed by atoms with Crippen molar-refractivity contribution < 1.29 is 4.42 Å². The number of hydrogen-bond donors (Lipinski definition) is 0. The molecule has 0 radical (unpaired) electrons. The first-order chi connectivity index (χ1) is 32.7. The number of anilines is 5. The highest BCUT2D eigenvalue weighted by molar-refractivity contribution is 6.94. The first kappa shape index (κ1) is 40.0. The summed E-state index contributed by atoms with van der Waals surface area (Å²) in [7, 11) is 0. The summed E-state index contributed by atoms with van der Waals surface area (Å²) in [5, 5.41) is 2.25. The van der Waals surface area contributed by atoms with Crippen LogP contribution in [0.4, 0.5) is 28.4 Å². The lowest BCUT2D eigenvalue weighted by Crippen LogP contribution is -2.61. The van der Waals surface area contributed by atoms with Crippen LogP contribution in [0.3, 0.4) is 0 Å². The predicted octanol–water partition coefficient (Wildman–Crippen LogP) is 16.0. The highest BCUT2D eigenvalue weighted by Gasteiger charge is 2.46. The molecule has 12 rings (SSSR count). The third-order valence-corrected chi connectivity index (χ3v) is 14.0. The van der Waals surface area contributed by atoms with E-state index in [-0.39, 0.29) is 6.85 Å². The summed E-state index contributed by atoms with van der Waals surface area (Å²) >= 11 is 0. The molecule has 0 fully saturated rings. The lowest BCUT2D eigenvalue weighted by molar-refractivity contribution is 0.669. The SMILES string of the molecule is CCCCc1ccc(N2B3c4ccc5oc6ccccc6c5c4N(c4ccc(CCCC)cc4-c4ccccc4)c4cc(-c5ccccc5)cc(c43)-c3ccc(-c4ccccc4)cc32)cc1. The molecule has 0 N–H and O–H groups in total. The van der Waals surface area contributed by atoms with Gasteiger partial charge in [0.1, 0.15) is 11.2 Å². The molecule has 1 aromatic heterocycles. The fraction of sp³-hybridized carbons (Fsp3) is 0.129. The maximum atomic E-state index is 6.81. The second-order valence-corrected chi connectivity index (χ2v) is 18.1. The molecule has 0 aliphatic carbocycles. The molecule has 4 heteroatoms. The first-order valence-electron chi connectivity index (χ1n) is 23.9. The summed E-state index contributed by atoms with van der Waals surface area (Å²) in [6, 6.07) is 74.7. The van der Waals surface area contributed by atoms with Gasteiger partial charge in [-0.25, -0.2) is 0 Å². The minimum absolute atomic E-state index is 0.159. The van der Waals surface area contributed by atoms with Crippen LogP contribution in [0.2, 0.25) is 0 Å². The first-order valence-corrected chi connectivity index (χ1v) is 23.9. The molecular weight excluding hydrogens is 800 g/mol. The van der Waals surface area contributed by atoms with Crippen LogP contribution in [-0.2, 0) is 12.8 Å². The Morgan fingerprint density at radius 3 is 1.80 bits per heavy atom. The normalized spacial score (nSPS) is 12.7. The van der Waals surface area contributed by atoms with Crippen LogP contribution in [0, 0.1) is 0 Å². The minimum Gasteiger partial charge on any atom is -0.456 e. The number of nitrogens with zero attached hydrogens (tertiary/aromatic N) is 2. The van der Waals surface area contributed by atoms with E-state index in [1.165, 1.54) is 96.5 Å². The minimum atomic E-state index is -0.159. The Morgan fingerprint density at radius 2 is 1.08 bits per heavy atom. The van der Waals surface area contributed by atoms with Gasteiger partial charge in [0.15, 0.2) is 0 Å². The van der Waals surface area contributed by atoms with E-state index in [9.17, 15) is 0 Å². The molecular formula is C62H51BN2O. The number of furan rings is 1. The van der Waals surface area contributed by atoms with Gasteiger partial charge in [0.25, 0.3) is 0 Å². The summed E-state index contributed by atoms with van der Waals surface area (Å²) in [5.74, 6) is 0. The summed E-state index contributed by atoms with van der Waals surface area (Å²) in [6.07, 6.45) is 6.77. The monoisotopic (exact) mass is 850 g/mol. The smallest absolute Gasteiger partial charge is 0.333 e. The van der Waals surface area contributed by atoms with Crippen molar-refractivity contribution in [2.45, 2.75) is 52.4 Å². The largest absolute Gasteiger partial charge is 0.456 e. The topological polar surface area (TPSA) is 19.6 Å². The molecule has 2 aliphatic heterocycles. The molecule has 0 amide bonds. The van der Waals surface area contributed by atoms with Crippen LogP contribution in [0.1, 0.15) is 50.7 Å². The maximum absolute atomic E-state index is 6.81. The summed E-state index contributed by atoms with van der Waals surface area (Å²) in [5.41, 5.74) is 22.6. The lowest BCUT2D eigenvalue weighted by Gasteiger charge is -2.46. The van der Waals surface area contributed by atoms with Gasteiger partial charge in [0.2, 0.25) is 0 Å². The third kappa shape index (κ3) is 6.74. The molecule has 0 spiro atoms. The predicted molar refractivity (Wildman–Crippen MR) is 281 cm³/mol. The molecule has 0 saturated carbocycles. The van der Waals surface area contributed by atoms with Crippen LogP contribution in [-0.4, -0.2) is 6.85 Å². The summed E-state index contributed by atoms with van der Waals surface area (Å²) in [4.78, 5) is 5.26. The number of unbranched alkanes of at least 4 members (excludes halogenated alkanes) is 2. The van der Waals surface area contributed by atoms with E-state index in [0.29, 0.717) is 0 Å². The molecule has 0 atom stereocenters. The van der Waals surface area contributed by atoms with E-state index in [0.717, 1.165) is 59.0 Å². The Bertz CT molecular complexity index is 3400. The fourth-order valence-corrected chi connectivity index (χ4v) is 10.8. The lowest BCUT2D eigenvalue weighted by atomic mass is 9.43. The van der Waals surface area contributed by atoms with Crippen LogP contribution in [0.25, 0.3) is 66.4 Å². The average molecular weight is 851 g/mol. The van der Waals surface area contributed by atoms with E-state index in [2.05, 4.69) is 224 Å². The molecule has 10 aromatic rings. The third-order valence-electron chi connectivity index (χ3n) is 14.0. The van der Waals surface area contributed by atoms with Gasteiger partial charge in [-0.1, -0.05) is 172 Å². The van der Waals surface area contributed by atoms with E-state index < -0.39 is 0 Å². The van der Waals surface area contributed by atoms with Gasteiger partial charge in [-0.2, -0.15) is 0 Å². The highest BCUT2D eigenvalue weighted by atomic mass is 16.3. The summed E-state index contributed by atoms with van der Waals surface area (Å²) < 4.78 is 6.81. The second-order valence-electron chi connectivity index (χ2n) is 18.1. The van der Waals surface area contributed by atoms with Crippen LogP contribution >= 0.6 is 0 Å². The van der Waals surface area contributed by atoms with E-state index >= 15 is 0 Å². The van der Waals surface area contributed by atoms with Crippen molar-refractivity contribution in [3.63, 3.8) is 0 Å². The quantitative estimate of drug-likeness (QED) is 0.121. The van der Waals surface area contributed by atoms with Gasteiger partial charge in [0.05, 0.1) is 16.8 Å². The van der Waals surface area contributed by atoms with Gasteiger partial charge in [-0.05, 0) is 136 Å². The molecule has 9 aromatic carbocycles. The zero-order valence-electron chi connectivity index (χ0n) is 37.7. The highest BCUT2D eigenvalue weighted by Crippen LogP contribution is 2.52. The molecule has 3 nitrogen and oxygen atoms in total. The number of benzene rings is 9. The van der Waals surface area contributed by atoms with E-state index in [1.807, 2.05) is 0 Å². The van der Waals surface area contributed by atoms with Crippen LogP contribution < -0.4 is 20.6 Å². The van der Waals surface area contributed by atoms with Crippen LogP contribution in [0.5, 0.6) is 0 Å². The van der Waals surface area contributed by atoms with Crippen molar-refractivity contribution in [2.24, 2.45) is 0 Å². The standard InChI is InChI=1S/C62H51BN2O/c1-3-5-18-42-28-32-49(33-29-42)65-56-40-47(44-20-10-7-11-21-44)31-34-50(56)53-39-48(45-22-12-8-13-23-45)41-57-61(53)63(65)54-35-37-59-60(51-26-16-17-27-58(51)66-59)62(54)64(57)55-36-30-43(19-6-4-2)38-52(55)46-24-14-9-15-25-46/h7-17,20-41H,3-6,18-19H2,1-2H3. The zero-order valence-corrected chi connectivity index (χ0v) is 37.7. The number of aryl methyl sites for hydroxylation is 2. The Hall–Kier alpha value is -7.56. The van der Waals surface area contributed by atoms with E-state index in [4.69, 9.17) is 4.42 Å². The van der Waals surface area contributed by atoms with Crippen molar-refractivity contribution in [1.82, 2.24) is 0 Å². The fourth-order valence-electron chi connectivity index (χ4n) is 10.8. The zero-order chi connectivity index (χ0) is 44.1. The molecule has 0 saturated heterocycles. The number of fused-ring (bicyclic) bond motifs is 8. The average Bonchev–Trinajstić information content (AvgIpc) is 3.77. The van der Waals surface area contributed by atoms with Gasteiger partial charge in [-0.3, -0.25) is 0 Å². The number of rotatable bonds is 11.